The molecule has 2 atom stereocenters. The SMILES string of the molecule is CCC1CCCC(O)(Cc2ccccc2Cl)CC1. The van der Waals surface area contributed by atoms with Crippen LogP contribution in [-0.4, -0.2) is 10.7 Å². The minimum absolute atomic E-state index is 0.547. The van der Waals surface area contributed by atoms with Gasteiger partial charge in [0, 0.05) is 11.4 Å². The van der Waals surface area contributed by atoms with Gasteiger partial charge in [-0.15, -0.1) is 0 Å². The Labute approximate surface area is 115 Å². The largest absolute Gasteiger partial charge is 0.390 e. The van der Waals surface area contributed by atoms with Crippen LogP contribution in [0.1, 0.15) is 51.0 Å². The Balaban J connectivity index is 2.05. The summed E-state index contributed by atoms with van der Waals surface area (Å²) in [6.07, 6.45) is 7.31. The molecule has 0 aliphatic heterocycles. The van der Waals surface area contributed by atoms with Gasteiger partial charge in [0.2, 0.25) is 0 Å². The van der Waals surface area contributed by atoms with Gasteiger partial charge in [-0.3, -0.25) is 0 Å². The highest BCUT2D eigenvalue weighted by Gasteiger charge is 2.31. The van der Waals surface area contributed by atoms with E-state index in [1.54, 1.807) is 0 Å². The van der Waals surface area contributed by atoms with Crippen molar-refractivity contribution < 1.29 is 5.11 Å². The molecule has 1 aromatic carbocycles. The molecule has 0 spiro atoms. The van der Waals surface area contributed by atoms with Gasteiger partial charge in [-0.25, -0.2) is 0 Å². The van der Waals surface area contributed by atoms with E-state index in [1.165, 1.54) is 12.8 Å². The predicted octanol–water partition coefficient (Wildman–Crippen LogP) is 4.60. The van der Waals surface area contributed by atoms with Gasteiger partial charge < -0.3 is 5.11 Å². The summed E-state index contributed by atoms with van der Waals surface area (Å²) in [5.74, 6) is 0.797. The average molecular weight is 267 g/mol. The van der Waals surface area contributed by atoms with Crippen LogP contribution in [-0.2, 0) is 6.42 Å². The zero-order valence-electron chi connectivity index (χ0n) is 11.2. The van der Waals surface area contributed by atoms with Gasteiger partial charge >= 0.3 is 0 Å². The fraction of sp³-hybridized carbons (Fsp3) is 0.625. The minimum atomic E-state index is -0.547. The summed E-state index contributed by atoms with van der Waals surface area (Å²) in [5, 5.41) is 11.6. The molecule has 1 aromatic rings. The van der Waals surface area contributed by atoms with Crippen LogP contribution in [0.15, 0.2) is 24.3 Å². The molecule has 0 saturated heterocycles. The zero-order valence-corrected chi connectivity index (χ0v) is 11.9. The lowest BCUT2D eigenvalue weighted by Gasteiger charge is -2.27. The second-order valence-electron chi connectivity index (χ2n) is 5.70. The van der Waals surface area contributed by atoms with Gasteiger partial charge in [0.25, 0.3) is 0 Å². The predicted molar refractivity (Wildman–Crippen MR) is 77.0 cm³/mol. The van der Waals surface area contributed by atoms with E-state index in [9.17, 15) is 5.11 Å². The fourth-order valence-electron chi connectivity index (χ4n) is 3.04. The third-order valence-corrected chi connectivity index (χ3v) is 4.70. The molecule has 0 radical (unpaired) electrons. The lowest BCUT2D eigenvalue weighted by Crippen LogP contribution is -2.30. The Morgan fingerprint density at radius 2 is 2.06 bits per heavy atom. The molecule has 1 aliphatic carbocycles. The van der Waals surface area contributed by atoms with Crippen molar-refractivity contribution in [3.8, 4) is 0 Å². The first-order valence-electron chi connectivity index (χ1n) is 7.09. The Kier molecular flexibility index (Phi) is 4.69. The van der Waals surface area contributed by atoms with Crippen LogP contribution in [0.25, 0.3) is 0 Å². The van der Waals surface area contributed by atoms with Crippen molar-refractivity contribution >= 4 is 11.6 Å². The first-order valence-corrected chi connectivity index (χ1v) is 7.46. The summed E-state index contributed by atoms with van der Waals surface area (Å²) >= 11 is 6.19. The number of rotatable bonds is 3. The first kappa shape index (κ1) is 13.9. The Morgan fingerprint density at radius 3 is 2.78 bits per heavy atom. The Hall–Kier alpha value is -0.530. The third kappa shape index (κ3) is 3.49. The van der Waals surface area contributed by atoms with E-state index in [0.717, 1.165) is 42.2 Å². The highest BCUT2D eigenvalue weighted by molar-refractivity contribution is 6.31. The van der Waals surface area contributed by atoms with E-state index in [4.69, 9.17) is 11.6 Å². The van der Waals surface area contributed by atoms with Crippen LogP contribution in [0.3, 0.4) is 0 Å². The zero-order chi connectivity index (χ0) is 13.0. The summed E-state index contributed by atoms with van der Waals surface area (Å²) < 4.78 is 0. The van der Waals surface area contributed by atoms with Crippen molar-refractivity contribution in [2.45, 2.75) is 57.5 Å². The number of hydrogen-bond donors (Lipinski definition) is 1. The van der Waals surface area contributed by atoms with Crippen molar-refractivity contribution in [3.05, 3.63) is 34.9 Å². The molecule has 0 bridgehead atoms. The second-order valence-corrected chi connectivity index (χ2v) is 6.10. The van der Waals surface area contributed by atoms with Gasteiger partial charge in [-0.1, -0.05) is 56.0 Å². The van der Waals surface area contributed by atoms with Crippen molar-refractivity contribution in [2.75, 3.05) is 0 Å². The number of halogens is 1. The number of aliphatic hydroxyl groups is 1. The molecule has 100 valence electrons. The standard InChI is InChI=1S/C16H23ClO/c1-2-13-6-5-10-16(18,11-9-13)12-14-7-3-4-8-15(14)17/h3-4,7-8,13,18H,2,5-6,9-12H2,1H3. The van der Waals surface area contributed by atoms with Crippen LogP contribution >= 0.6 is 11.6 Å². The molecule has 18 heavy (non-hydrogen) atoms. The molecular weight excluding hydrogens is 244 g/mol. The maximum absolute atomic E-state index is 10.8. The van der Waals surface area contributed by atoms with Crippen molar-refractivity contribution in [1.82, 2.24) is 0 Å². The van der Waals surface area contributed by atoms with E-state index >= 15 is 0 Å². The van der Waals surface area contributed by atoms with Gasteiger partial charge in [0.15, 0.2) is 0 Å². The van der Waals surface area contributed by atoms with E-state index in [2.05, 4.69) is 6.92 Å². The summed E-state index contributed by atoms with van der Waals surface area (Å²) in [6.45, 7) is 2.25. The molecule has 0 aromatic heterocycles. The highest BCUT2D eigenvalue weighted by atomic mass is 35.5. The average Bonchev–Trinajstić information content (AvgIpc) is 2.54. The minimum Gasteiger partial charge on any atom is -0.390 e. The molecular formula is C16H23ClO. The molecule has 0 amide bonds. The summed E-state index contributed by atoms with van der Waals surface area (Å²) in [7, 11) is 0. The van der Waals surface area contributed by atoms with Gasteiger partial charge in [-0.05, 0) is 36.8 Å². The number of hydrogen-bond acceptors (Lipinski definition) is 1. The normalized spacial score (nSPS) is 28.9. The molecule has 2 unspecified atom stereocenters. The maximum Gasteiger partial charge on any atom is 0.0688 e. The van der Waals surface area contributed by atoms with E-state index in [-0.39, 0.29) is 0 Å². The molecule has 1 nitrogen and oxygen atoms in total. The fourth-order valence-corrected chi connectivity index (χ4v) is 3.25. The van der Waals surface area contributed by atoms with E-state index in [1.807, 2.05) is 24.3 Å². The highest BCUT2D eigenvalue weighted by Crippen LogP contribution is 2.35. The molecule has 1 saturated carbocycles. The molecule has 2 heteroatoms. The van der Waals surface area contributed by atoms with Crippen molar-refractivity contribution in [2.24, 2.45) is 5.92 Å². The van der Waals surface area contributed by atoms with Crippen molar-refractivity contribution in [3.63, 3.8) is 0 Å². The van der Waals surface area contributed by atoms with Crippen LogP contribution in [0, 0.1) is 5.92 Å². The lowest BCUT2D eigenvalue weighted by atomic mass is 9.87. The molecule has 0 heterocycles. The maximum atomic E-state index is 10.8. The van der Waals surface area contributed by atoms with Crippen LogP contribution in [0.2, 0.25) is 5.02 Å². The summed E-state index contributed by atoms with van der Waals surface area (Å²) in [5.41, 5.74) is 0.533. The van der Waals surface area contributed by atoms with Crippen LogP contribution < -0.4 is 0 Å². The molecule has 1 N–H and O–H groups in total. The monoisotopic (exact) mass is 266 g/mol. The molecule has 1 fully saturated rings. The van der Waals surface area contributed by atoms with Gasteiger partial charge in [-0.2, -0.15) is 0 Å². The second kappa shape index (κ2) is 6.08. The quantitative estimate of drug-likeness (QED) is 0.793. The third-order valence-electron chi connectivity index (χ3n) is 4.33. The van der Waals surface area contributed by atoms with Gasteiger partial charge in [0.05, 0.1) is 5.60 Å². The smallest absolute Gasteiger partial charge is 0.0688 e. The topological polar surface area (TPSA) is 20.2 Å². The van der Waals surface area contributed by atoms with E-state index in [0.29, 0.717) is 6.42 Å². The van der Waals surface area contributed by atoms with E-state index < -0.39 is 5.60 Å². The Morgan fingerprint density at radius 1 is 1.28 bits per heavy atom. The molecule has 1 aliphatic rings. The van der Waals surface area contributed by atoms with Gasteiger partial charge in [0.1, 0.15) is 0 Å². The summed E-state index contributed by atoms with van der Waals surface area (Å²) in [6, 6.07) is 7.88. The number of benzene rings is 1. The Bertz CT molecular complexity index is 390. The van der Waals surface area contributed by atoms with Crippen LogP contribution in [0.5, 0.6) is 0 Å². The van der Waals surface area contributed by atoms with Crippen molar-refractivity contribution in [1.29, 1.82) is 0 Å². The summed E-state index contributed by atoms with van der Waals surface area (Å²) in [4.78, 5) is 0. The lowest BCUT2D eigenvalue weighted by molar-refractivity contribution is 0.0242. The first-order chi connectivity index (χ1) is 8.63. The molecule has 2 rings (SSSR count). The van der Waals surface area contributed by atoms with Crippen LogP contribution in [0.4, 0.5) is 0 Å².